The van der Waals surface area contributed by atoms with Crippen molar-refractivity contribution in [1.82, 2.24) is 10.2 Å². The molecule has 3 N–H and O–H groups in total. The van der Waals surface area contributed by atoms with E-state index in [1.165, 1.54) is 4.90 Å². The molecule has 1 amide bonds. The van der Waals surface area contributed by atoms with Crippen molar-refractivity contribution in [3.05, 3.63) is 52.5 Å². The van der Waals surface area contributed by atoms with Gasteiger partial charge < -0.3 is 20.1 Å². The van der Waals surface area contributed by atoms with Crippen molar-refractivity contribution >= 4 is 17.6 Å². The molecule has 0 saturated carbocycles. The van der Waals surface area contributed by atoms with Crippen LogP contribution < -0.4 is 15.4 Å². The highest BCUT2D eigenvalue weighted by molar-refractivity contribution is 6.18. The summed E-state index contributed by atoms with van der Waals surface area (Å²) in [6.07, 6.45) is 0. The van der Waals surface area contributed by atoms with Crippen LogP contribution in [0.2, 0.25) is 0 Å². The number of hydrogen-bond acceptors (Lipinski definition) is 6. The van der Waals surface area contributed by atoms with Crippen molar-refractivity contribution in [2.75, 3.05) is 18.6 Å². The van der Waals surface area contributed by atoms with Gasteiger partial charge in [0.15, 0.2) is 0 Å². The van der Waals surface area contributed by atoms with Gasteiger partial charge in [-0.1, -0.05) is 18.2 Å². The zero-order valence-electron chi connectivity index (χ0n) is 14.6. The van der Waals surface area contributed by atoms with Gasteiger partial charge >= 0.3 is 5.97 Å². The Labute approximate surface area is 149 Å². The molecular formula is C18H18N4O4. The fourth-order valence-electron chi connectivity index (χ4n) is 3.89. The van der Waals surface area contributed by atoms with Crippen LogP contribution in [0.15, 0.2) is 35.7 Å². The molecule has 1 spiro atoms. The predicted molar refractivity (Wildman–Crippen MR) is 92.4 cm³/mol. The second kappa shape index (κ2) is 5.35. The SMILES string of the molecule is CCOC(=O)C1=C(N)Oc2n[nH]c(C)c2[C@@]12C(=O)N(C)c1ccccc12. The Hall–Kier alpha value is -3.29. The molecule has 2 aliphatic rings. The van der Waals surface area contributed by atoms with Gasteiger partial charge in [-0.2, -0.15) is 0 Å². The molecule has 8 nitrogen and oxygen atoms in total. The topological polar surface area (TPSA) is 111 Å². The van der Waals surface area contributed by atoms with E-state index in [1.54, 1.807) is 20.9 Å². The average Bonchev–Trinajstić information content (AvgIpc) is 3.08. The lowest BCUT2D eigenvalue weighted by Gasteiger charge is -2.34. The summed E-state index contributed by atoms with van der Waals surface area (Å²) in [6, 6.07) is 7.29. The number of carbonyl (C=O) groups excluding carboxylic acids is 2. The van der Waals surface area contributed by atoms with E-state index in [9.17, 15) is 9.59 Å². The number of nitrogens with one attached hydrogen (secondary N) is 1. The maximum Gasteiger partial charge on any atom is 0.341 e. The first kappa shape index (κ1) is 16.2. The summed E-state index contributed by atoms with van der Waals surface area (Å²) >= 11 is 0. The van der Waals surface area contributed by atoms with Gasteiger partial charge in [-0.3, -0.25) is 9.89 Å². The van der Waals surface area contributed by atoms with Crippen molar-refractivity contribution in [2.45, 2.75) is 19.3 Å². The van der Waals surface area contributed by atoms with Crippen LogP contribution in [0, 0.1) is 6.92 Å². The van der Waals surface area contributed by atoms with E-state index < -0.39 is 11.4 Å². The molecular weight excluding hydrogens is 336 g/mol. The number of aromatic amines is 1. The number of ether oxygens (including phenoxy) is 2. The monoisotopic (exact) mass is 354 g/mol. The van der Waals surface area contributed by atoms with E-state index >= 15 is 0 Å². The molecule has 1 aromatic heterocycles. The molecule has 2 aliphatic heterocycles. The number of para-hydroxylation sites is 1. The zero-order valence-corrected chi connectivity index (χ0v) is 14.6. The Kier molecular flexibility index (Phi) is 3.33. The Morgan fingerprint density at radius 3 is 2.88 bits per heavy atom. The third-order valence-electron chi connectivity index (χ3n) is 4.89. The van der Waals surface area contributed by atoms with Crippen molar-refractivity contribution in [3.8, 4) is 5.88 Å². The predicted octanol–water partition coefficient (Wildman–Crippen LogP) is 1.11. The van der Waals surface area contributed by atoms with Crippen molar-refractivity contribution in [3.63, 3.8) is 0 Å². The number of amides is 1. The summed E-state index contributed by atoms with van der Waals surface area (Å²) in [5, 5.41) is 6.94. The minimum absolute atomic E-state index is 0.0156. The minimum Gasteiger partial charge on any atom is -0.462 e. The van der Waals surface area contributed by atoms with E-state index in [4.69, 9.17) is 15.2 Å². The Bertz CT molecular complexity index is 977. The van der Waals surface area contributed by atoms with Gasteiger partial charge in [0.25, 0.3) is 0 Å². The number of esters is 1. The van der Waals surface area contributed by atoms with E-state index in [1.807, 2.05) is 24.3 Å². The highest BCUT2D eigenvalue weighted by Gasteiger charge is 2.61. The fourth-order valence-corrected chi connectivity index (χ4v) is 3.89. The van der Waals surface area contributed by atoms with Crippen LogP contribution in [0.5, 0.6) is 5.88 Å². The third-order valence-corrected chi connectivity index (χ3v) is 4.89. The molecule has 0 radical (unpaired) electrons. The Balaban J connectivity index is 2.13. The summed E-state index contributed by atoms with van der Waals surface area (Å²) in [7, 11) is 1.67. The second-order valence-corrected chi connectivity index (χ2v) is 6.22. The average molecular weight is 354 g/mol. The minimum atomic E-state index is -1.45. The number of likely N-dealkylation sites (N-methyl/N-ethyl adjacent to an activating group) is 1. The highest BCUT2D eigenvalue weighted by Crippen LogP contribution is 2.55. The maximum absolute atomic E-state index is 13.5. The van der Waals surface area contributed by atoms with Gasteiger partial charge in [0.2, 0.25) is 17.7 Å². The van der Waals surface area contributed by atoms with Gasteiger partial charge in [0.1, 0.15) is 11.0 Å². The van der Waals surface area contributed by atoms with Crippen LogP contribution in [0.25, 0.3) is 0 Å². The first-order chi connectivity index (χ1) is 12.4. The first-order valence-electron chi connectivity index (χ1n) is 8.22. The molecule has 1 atom stereocenters. The van der Waals surface area contributed by atoms with Crippen LogP contribution in [0.1, 0.15) is 23.7 Å². The molecule has 4 rings (SSSR count). The summed E-state index contributed by atoms with van der Waals surface area (Å²) < 4.78 is 10.8. The lowest BCUT2D eigenvalue weighted by Crippen LogP contribution is -2.48. The van der Waals surface area contributed by atoms with Gasteiger partial charge in [-0.05, 0) is 19.9 Å². The molecule has 0 fully saturated rings. The lowest BCUT2D eigenvalue weighted by molar-refractivity contribution is -0.140. The lowest BCUT2D eigenvalue weighted by atomic mass is 9.68. The summed E-state index contributed by atoms with van der Waals surface area (Å²) in [5.41, 5.74) is 7.06. The van der Waals surface area contributed by atoms with Crippen LogP contribution in [0.4, 0.5) is 5.69 Å². The molecule has 8 heteroatoms. The number of rotatable bonds is 2. The summed E-state index contributed by atoms with van der Waals surface area (Å²) in [6.45, 7) is 3.61. The van der Waals surface area contributed by atoms with E-state index in [2.05, 4.69) is 10.2 Å². The van der Waals surface area contributed by atoms with Crippen LogP contribution in [-0.2, 0) is 19.7 Å². The normalized spacial score (nSPS) is 20.9. The molecule has 1 aromatic carbocycles. The molecule has 0 saturated heterocycles. The highest BCUT2D eigenvalue weighted by atomic mass is 16.5. The number of carbonyl (C=O) groups is 2. The number of aromatic nitrogens is 2. The third kappa shape index (κ3) is 1.75. The number of benzene rings is 1. The van der Waals surface area contributed by atoms with Crippen molar-refractivity contribution in [2.24, 2.45) is 5.73 Å². The van der Waals surface area contributed by atoms with Crippen LogP contribution in [0.3, 0.4) is 0 Å². The zero-order chi connectivity index (χ0) is 18.6. The Morgan fingerprint density at radius 2 is 2.15 bits per heavy atom. The number of fused-ring (bicyclic) bond motifs is 4. The van der Waals surface area contributed by atoms with Crippen LogP contribution in [-0.4, -0.2) is 35.7 Å². The molecule has 26 heavy (non-hydrogen) atoms. The standard InChI is InChI=1S/C18H18N4O4/c1-4-25-16(23)13-14(19)26-15-12(9(2)20-21-15)18(13)10-7-5-6-8-11(10)22(3)17(18)24/h5-8H,4,19H2,1-3H3,(H,20,21)/t18-/m1/s1. The summed E-state index contributed by atoms with van der Waals surface area (Å²) in [4.78, 5) is 27.9. The fraction of sp³-hybridized carbons (Fsp3) is 0.278. The van der Waals surface area contributed by atoms with E-state index in [0.29, 0.717) is 22.5 Å². The molecule has 0 unspecified atom stereocenters. The second-order valence-electron chi connectivity index (χ2n) is 6.22. The largest absolute Gasteiger partial charge is 0.462 e. The van der Waals surface area contributed by atoms with Gasteiger partial charge in [-0.25, -0.2) is 4.79 Å². The smallest absolute Gasteiger partial charge is 0.341 e. The quantitative estimate of drug-likeness (QED) is 0.782. The number of anilines is 1. The molecule has 2 aromatic rings. The molecule has 3 heterocycles. The number of aryl methyl sites for hydroxylation is 1. The number of nitrogens with two attached hydrogens (primary N) is 1. The number of hydrogen-bond donors (Lipinski definition) is 2. The van der Waals surface area contributed by atoms with Crippen molar-refractivity contribution in [1.29, 1.82) is 0 Å². The number of H-pyrrole nitrogens is 1. The van der Waals surface area contributed by atoms with Gasteiger partial charge in [0.05, 0.1) is 12.2 Å². The molecule has 0 aliphatic carbocycles. The maximum atomic E-state index is 13.5. The molecule has 0 bridgehead atoms. The van der Waals surface area contributed by atoms with E-state index in [-0.39, 0.29) is 29.9 Å². The van der Waals surface area contributed by atoms with Gasteiger partial charge in [0, 0.05) is 24.0 Å². The van der Waals surface area contributed by atoms with Crippen molar-refractivity contribution < 1.29 is 19.1 Å². The van der Waals surface area contributed by atoms with E-state index in [0.717, 1.165) is 0 Å². The first-order valence-corrected chi connectivity index (χ1v) is 8.22. The molecule has 134 valence electrons. The number of nitrogens with zero attached hydrogens (tertiary/aromatic N) is 2. The van der Waals surface area contributed by atoms with Gasteiger partial charge in [-0.15, -0.1) is 5.10 Å². The Morgan fingerprint density at radius 1 is 1.42 bits per heavy atom. The summed E-state index contributed by atoms with van der Waals surface area (Å²) in [5.74, 6) is -0.985. The van der Waals surface area contributed by atoms with Crippen LogP contribution >= 0.6 is 0 Å².